The Labute approximate surface area is 255 Å². The molecular formula is C32H39F4N7O. The van der Waals surface area contributed by atoms with Crippen molar-refractivity contribution in [3.63, 3.8) is 0 Å². The number of amides is 2. The minimum atomic E-state index is -4.54. The minimum absolute atomic E-state index is 0.0259. The van der Waals surface area contributed by atoms with Crippen LogP contribution < -0.4 is 9.80 Å². The number of rotatable bonds is 7. The first-order valence-corrected chi connectivity index (χ1v) is 15.3. The molecule has 2 fully saturated rings. The second-order valence-corrected chi connectivity index (χ2v) is 12.2. The molecule has 1 aromatic heterocycles. The lowest BCUT2D eigenvalue weighted by Gasteiger charge is -2.43. The van der Waals surface area contributed by atoms with Gasteiger partial charge in [-0.3, -0.25) is 14.5 Å². The lowest BCUT2D eigenvalue weighted by Crippen LogP contribution is -2.54. The maximum atomic E-state index is 14.7. The fourth-order valence-electron chi connectivity index (χ4n) is 6.68. The Kier molecular flexibility index (Phi) is 8.56. The molecule has 8 nitrogen and oxygen atoms in total. The summed E-state index contributed by atoms with van der Waals surface area (Å²) < 4.78 is 58.3. The number of aryl methyl sites for hydroxylation is 1. The Balaban J connectivity index is 1.24. The van der Waals surface area contributed by atoms with E-state index in [0.29, 0.717) is 50.5 Å². The number of urea groups is 1. The fraction of sp³-hybridized carbons (Fsp3) is 0.500. The van der Waals surface area contributed by atoms with Gasteiger partial charge in [0.1, 0.15) is 5.82 Å². The highest BCUT2D eigenvalue weighted by atomic mass is 19.4. The van der Waals surface area contributed by atoms with Crippen LogP contribution in [0.15, 0.2) is 48.7 Å². The molecule has 0 radical (unpaired) electrons. The molecule has 3 aromatic rings. The number of carbonyl (C=O) groups is 1. The summed E-state index contributed by atoms with van der Waals surface area (Å²) in [4.78, 5) is 24.0. The van der Waals surface area contributed by atoms with E-state index in [1.54, 1.807) is 17.0 Å². The van der Waals surface area contributed by atoms with Crippen LogP contribution in [-0.2, 0) is 25.8 Å². The number of alkyl halides is 3. The Morgan fingerprint density at radius 2 is 1.66 bits per heavy atom. The third-order valence-corrected chi connectivity index (χ3v) is 9.19. The molecule has 2 saturated heterocycles. The molecule has 236 valence electrons. The summed E-state index contributed by atoms with van der Waals surface area (Å²) in [6.07, 6.45) is -1.36. The zero-order valence-electron chi connectivity index (χ0n) is 25.2. The van der Waals surface area contributed by atoms with Crippen LogP contribution in [0.3, 0.4) is 0 Å². The van der Waals surface area contributed by atoms with Crippen LogP contribution in [0.2, 0.25) is 0 Å². The van der Waals surface area contributed by atoms with E-state index >= 15 is 0 Å². The van der Waals surface area contributed by atoms with E-state index in [9.17, 15) is 22.4 Å². The molecule has 2 amide bonds. The maximum absolute atomic E-state index is 14.7. The number of hydrogen-bond donors (Lipinski definition) is 0. The van der Waals surface area contributed by atoms with E-state index < -0.39 is 11.7 Å². The summed E-state index contributed by atoms with van der Waals surface area (Å²) in [6, 6.07) is 9.97. The Bertz CT molecular complexity index is 1460. The van der Waals surface area contributed by atoms with Gasteiger partial charge in [-0.2, -0.15) is 18.3 Å². The van der Waals surface area contributed by atoms with Gasteiger partial charge in [0.15, 0.2) is 5.82 Å². The molecule has 3 aliphatic heterocycles. The van der Waals surface area contributed by atoms with Gasteiger partial charge < -0.3 is 14.7 Å². The van der Waals surface area contributed by atoms with Gasteiger partial charge in [-0.15, -0.1) is 0 Å². The lowest BCUT2D eigenvalue weighted by molar-refractivity contribution is -0.138. The first kappa shape index (κ1) is 30.4. The average molecular weight is 614 g/mol. The minimum Gasteiger partial charge on any atom is -0.369 e. The molecule has 0 spiro atoms. The van der Waals surface area contributed by atoms with Crippen molar-refractivity contribution in [3.05, 3.63) is 76.7 Å². The molecule has 0 unspecified atom stereocenters. The second kappa shape index (κ2) is 12.4. The number of piperidine rings is 1. The zero-order valence-corrected chi connectivity index (χ0v) is 25.2. The number of piperazine rings is 1. The monoisotopic (exact) mass is 613 g/mol. The smallest absolute Gasteiger partial charge is 0.369 e. The van der Waals surface area contributed by atoms with Crippen LogP contribution in [0.1, 0.15) is 35.1 Å². The molecule has 0 N–H and O–H groups in total. The van der Waals surface area contributed by atoms with Crippen LogP contribution in [0.5, 0.6) is 0 Å². The van der Waals surface area contributed by atoms with Crippen LogP contribution in [-0.4, -0.2) is 89.4 Å². The third kappa shape index (κ3) is 6.28. The van der Waals surface area contributed by atoms with Gasteiger partial charge >= 0.3 is 12.2 Å². The van der Waals surface area contributed by atoms with Crippen molar-refractivity contribution in [2.45, 2.75) is 51.6 Å². The van der Waals surface area contributed by atoms with Crippen LogP contribution in [0, 0.1) is 12.7 Å². The first-order valence-electron chi connectivity index (χ1n) is 15.3. The van der Waals surface area contributed by atoms with Crippen molar-refractivity contribution in [2.24, 2.45) is 0 Å². The molecular weight excluding hydrogens is 574 g/mol. The zero-order chi connectivity index (χ0) is 31.0. The normalized spacial score (nSPS) is 19.1. The van der Waals surface area contributed by atoms with Crippen molar-refractivity contribution >= 4 is 17.5 Å². The number of hydrogen-bond acceptors (Lipinski definition) is 5. The van der Waals surface area contributed by atoms with Crippen LogP contribution in [0.4, 0.5) is 33.9 Å². The summed E-state index contributed by atoms with van der Waals surface area (Å²) in [7, 11) is 2.11. The van der Waals surface area contributed by atoms with E-state index in [1.807, 2.05) is 28.8 Å². The van der Waals surface area contributed by atoms with Crippen LogP contribution >= 0.6 is 0 Å². The molecule has 0 bridgehead atoms. The standard InChI is InChI=1S/C32H39F4N7O/c1-23-6-5-9-28(33)29(23)40-12-10-26(11-13-40)42-22-25-20-41(19-18-39-16-14-38(2)15-17-39)37-30(25)43(31(42)44)21-24-7-3-4-8-27(24)32(34,35)36/h3-9,20,26H,10-19,21-22H2,1-2H3. The highest BCUT2D eigenvalue weighted by Crippen LogP contribution is 2.37. The van der Waals surface area contributed by atoms with E-state index in [2.05, 4.69) is 16.8 Å². The molecule has 3 aliphatic rings. The molecule has 2 aromatic carbocycles. The molecule has 0 aliphatic carbocycles. The van der Waals surface area contributed by atoms with E-state index in [0.717, 1.165) is 49.9 Å². The summed E-state index contributed by atoms with van der Waals surface area (Å²) in [6.45, 7) is 8.50. The van der Waals surface area contributed by atoms with Gasteiger partial charge in [0, 0.05) is 63.6 Å². The van der Waals surface area contributed by atoms with Crippen molar-refractivity contribution < 1.29 is 22.4 Å². The number of fused-ring (bicyclic) bond motifs is 1. The SMILES string of the molecule is Cc1cccc(F)c1N1CCC(N2Cc3cn(CCN4CCN(C)CC4)nc3N(Cc3ccccc3C(F)(F)F)C2=O)CC1. The Morgan fingerprint density at radius 3 is 2.36 bits per heavy atom. The maximum Gasteiger partial charge on any atom is 0.416 e. The number of carbonyl (C=O) groups excluding carboxylic acids is 1. The van der Waals surface area contributed by atoms with E-state index in [4.69, 9.17) is 5.10 Å². The summed E-state index contributed by atoms with van der Waals surface area (Å²) in [5.41, 5.74) is 1.54. The lowest BCUT2D eigenvalue weighted by atomic mass is 10.00. The van der Waals surface area contributed by atoms with Crippen molar-refractivity contribution in [3.8, 4) is 0 Å². The van der Waals surface area contributed by atoms with Gasteiger partial charge in [0.2, 0.25) is 0 Å². The van der Waals surface area contributed by atoms with E-state index in [-0.39, 0.29) is 30.0 Å². The molecule has 0 saturated carbocycles. The second-order valence-electron chi connectivity index (χ2n) is 12.2. The first-order chi connectivity index (χ1) is 21.1. The number of anilines is 2. The Morgan fingerprint density at radius 1 is 0.932 bits per heavy atom. The number of para-hydroxylation sites is 1. The van der Waals surface area contributed by atoms with E-state index in [1.165, 1.54) is 23.1 Å². The molecule has 44 heavy (non-hydrogen) atoms. The fourth-order valence-corrected chi connectivity index (χ4v) is 6.68. The average Bonchev–Trinajstić information content (AvgIpc) is 3.41. The number of halogens is 4. The summed E-state index contributed by atoms with van der Waals surface area (Å²) in [5, 5.41) is 4.75. The number of benzene rings is 2. The highest BCUT2D eigenvalue weighted by Gasteiger charge is 2.40. The van der Waals surface area contributed by atoms with Gasteiger partial charge in [-0.05, 0) is 50.1 Å². The predicted octanol–water partition coefficient (Wildman–Crippen LogP) is 5.21. The predicted molar refractivity (Wildman–Crippen MR) is 161 cm³/mol. The number of aromatic nitrogens is 2. The molecule has 12 heteroatoms. The largest absolute Gasteiger partial charge is 0.416 e. The quantitative estimate of drug-likeness (QED) is 0.343. The van der Waals surface area contributed by atoms with Gasteiger partial charge in [0.25, 0.3) is 0 Å². The molecule has 0 atom stereocenters. The molecule has 4 heterocycles. The summed E-state index contributed by atoms with van der Waals surface area (Å²) >= 11 is 0. The Hall–Kier alpha value is -3.64. The van der Waals surface area contributed by atoms with Gasteiger partial charge in [-0.25, -0.2) is 9.18 Å². The van der Waals surface area contributed by atoms with Crippen molar-refractivity contribution in [2.75, 3.05) is 62.7 Å². The molecule has 6 rings (SSSR count). The highest BCUT2D eigenvalue weighted by molar-refractivity contribution is 5.94. The number of likely N-dealkylation sites (N-methyl/N-ethyl adjacent to an activating group) is 1. The van der Waals surface area contributed by atoms with Gasteiger partial charge in [-0.1, -0.05) is 30.3 Å². The van der Waals surface area contributed by atoms with Crippen molar-refractivity contribution in [1.82, 2.24) is 24.5 Å². The topological polar surface area (TPSA) is 51.1 Å². The third-order valence-electron chi connectivity index (χ3n) is 9.19. The number of nitrogens with zero attached hydrogens (tertiary/aromatic N) is 7. The van der Waals surface area contributed by atoms with Crippen LogP contribution in [0.25, 0.3) is 0 Å². The van der Waals surface area contributed by atoms with Gasteiger partial charge in [0.05, 0.1) is 30.9 Å². The summed E-state index contributed by atoms with van der Waals surface area (Å²) in [5.74, 6) is 0.154. The van der Waals surface area contributed by atoms with Crippen molar-refractivity contribution in [1.29, 1.82) is 0 Å².